The quantitative estimate of drug-likeness (QED) is 0.813. The monoisotopic (exact) mass is 346 g/mol. The van der Waals surface area contributed by atoms with E-state index in [4.69, 9.17) is 0 Å². The number of rotatable bonds is 7. The molecule has 0 aliphatic rings. The van der Waals surface area contributed by atoms with E-state index in [1.165, 1.54) is 16.7 Å². The Morgan fingerprint density at radius 3 is 2.67 bits per heavy atom. The molecule has 1 atom stereocenters. The SMILES string of the molecule is CCNCC(Cc1cccc(C)c1)Cc1cncc(Br)c1. The van der Waals surface area contributed by atoms with Gasteiger partial charge in [0.05, 0.1) is 0 Å². The number of benzene rings is 1. The van der Waals surface area contributed by atoms with Gasteiger partial charge in [0.15, 0.2) is 0 Å². The lowest BCUT2D eigenvalue weighted by Gasteiger charge is -2.18. The summed E-state index contributed by atoms with van der Waals surface area (Å²) in [6, 6.07) is 11.0. The smallest absolute Gasteiger partial charge is 0.0410 e. The molecule has 0 aliphatic heterocycles. The van der Waals surface area contributed by atoms with Crippen molar-refractivity contribution >= 4 is 15.9 Å². The minimum Gasteiger partial charge on any atom is -0.317 e. The Morgan fingerprint density at radius 1 is 1.14 bits per heavy atom. The molecule has 1 N–H and O–H groups in total. The average Bonchev–Trinajstić information content (AvgIpc) is 2.45. The predicted molar refractivity (Wildman–Crippen MR) is 92.6 cm³/mol. The van der Waals surface area contributed by atoms with E-state index in [1.54, 1.807) is 0 Å². The van der Waals surface area contributed by atoms with Crippen LogP contribution in [-0.2, 0) is 12.8 Å². The summed E-state index contributed by atoms with van der Waals surface area (Å²) in [6.45, 7) is 6.36. The third-order valence-corrected chi connectivity index (χ3v) is 4.01. The van der Waals surface area contributed by atoms with Crippen molar-refractivity contribution in [2.75, 3.05) is 13.1 Å². The fourth-order valence-corrected chi connectivity index (χ4v) is 3.05. The van der Waals surface area contributed by atoms with Gasteiger partial charge in [0, 0.05) is 16.9 Å². The Hall–Kier alpha value is -1.19. The molecule has 0 fully saturated rings. The highest BCUT2D eigenvalue weighted by atomic mass is 79.9. The van der Waals surface area contributed by atoms with E-state index in [1.807, 2.05) is 12.4 Å². The predicted octanol–water partition coefficient (Wildman–Crippen LogP) is 4.16. The highest BCUT2D eigenvalue weighted by Gasteiger charge is 2.11. The molecule has 3 heteroatoms. The summed E-state index contributed by atoms with van der Waals surface area (Å²) in [5.74, 6) is 0.586. The first-order chi connectivity index (χ1) is 10.2. The van der Waals surface area contributed by atoms with Gasteiger partial charge in [0.1, 0.15) is 0 Å². The molecule has 1 unspecified atom stereocenters. The molecular weight excluding hydrogens is 324 g/mol. The second-order valence-corrected chi connectivity index (χ2v) is 6.50. The average molecular weight is 347 g/mol. The summed E-state index contributed by atoms with van der Waals surface area (Å²) < 4.78 is 1.05. The number of hydrogen-bond donors (Lipinski definition) is 1. The minimum absolute atomic E-state index is 0.586. The summed E-state index contributed by atoms with van der Waals surface area (Å²) in [5.41, 5.74) is 4.04. The number of halogens is 1. The largest absolute Gasteiger partial charge is 0.317 e. The zero-order chi connectivity index (χ0) is 15.1. The van der Waals surface area contributed by atoms with Crippen molar-refractivity contribution < 1.29 is 0 Å². The second-order valence-electron chi connectivity index (χ2n) is 5.58. The molecule has 0 spiro atoms. The Bertz CT molecular complexity index is 521. The molecule has 0 aliphatic carbocycles. The number of hydrogen-bond acceptors (Lipinski definition) is 2. The minimum atomic E-state index is 0.586. The second kappa shape index (κ2) is 8.30. The van der Waals surface area contributed by atoms with E-state index in [0.29, 0.717) is 5.92 Å². The zero-order valence-corrected chi connectivity index (χ0v) is 14.4. The van der Waals surface area contributed by atoms with E-state index in [9.17, 15) is 0 Å². The molecule has 0 saturated carbocycles. The van der Waals surface area contributed by atoms with Gasteiger partial charge >= 0.3 is 0 Å². The number of nitrogens with zero attached hydrogens (tertiary/aromatic N) is 1. The van der Waals surface area contributed by atoms with E-state index < -0.39 is 0 Å². The molecular formula is C18H23BrN2. The van der Waals surface area contributed by atoms with E-state index >= 15 is 0 Å². The first-order valence-electron chi connectivity index (χ1n) is 7.53. The van der Waals surface area contributed by atoms with Crippen LogP contribution in [-0.4, -0.2) is 18.1 Å². The van der Waals surface area contributed by atoms with E-state index in [0.717, 1.165) is 30.4 Å². The fraction of sp³-hybridized carbons (Fsp3) is 0.389. The Kier molecular flexibility index (Phi) is 6.40. The van der Waals surface area contributed by atoms with Crippen molar-refractivity contribution in [3.05, 3.63) is 63.9 Å². The van der Waals surface area contributed by atoms with Crippen molar-refractivity contribution in [2.45, 2.75) is 26.7 Å². The molecule has 1 aromatic carbocycles. The van der Waals surface area contributed by atoms with Crippen LogP contribution in [0.4, 0.5) is 0 Å². The van der Waals surface area contributed by atoms with Gasteiger partial charge in [0.2, 0.25) is 0 Å². The van der Waals surface area contributed by atoms with Gasteiger partial charge < -0.3 is 5.32 Å². The molecule has 0 saturated heterocycles. The van der Waals surface area contributed by atoms with Gasteiger partial charge in [-0.1, -0.05) is 36.8 Å². The first kappa shape index (κ1) is 16.2. The third kappa shape index (κ3) is 5.60. The molecule has 0 radical (unpaired) electrons. The van der Waals surface area contributed by atoms with Crippen LogP contribution in [0.2, 0.25) is 0 Å². The van der Waals surface area contributed by atoms with Gasteiger partial charge in [-0.25, -0.2) is 0 Å². The summed E-state index contributed by atoms with van der Waals surface area (Å²) in [4.78, 5) is 4.27. The van der Waals surface area contributed by atoms with Crippen LogP contribution in [0.3, 0.4) is 0 Å². The lowest BCUT2D eigenvalue weighted by Crippen LogP contribution is -2.25. The van der Waals surface area contributed by atoms with Crippen LogP contribution < -0.4 is 5.32 Å². The van der Waals surface area contributed by atoms with Crippen LogP contribution in [0.5, 0.6) is 0 Å². The molecule has 112 valence electrons. The van der Waals surface area contributed by atoms with Crippen molar-refractivity contribution in [2.24, 2.45) is 5.92 Å². The maximum Gasteiger partial charge on any atom is 0.0410 e. The maximum absolute atomic E-state index is 4.27. The molecule has 2 rings (SSSR count). The van der Waals surface area contributed by atoms with Gasteiger partial charge in [-0.3, -0.25) is 4.98 Å². The number of aryl methyl sites for hydroxylation is 1. The van der Waals surface area contributed by atoms with Crippen LogP contribution in [0, 0.1) is 12.8 Å². The van der Waals surface area contributed by atoms with E-state index in [2.05, 4.69) is 70.4 Å². The lowest BCUT2D eigenvalue weighted by molar-refractivity contribution is 0.477. The number of pyridine rings is 1. The van der Waals surface area contributed by atoms with Crippen molar-refractivity contribution in [3.63, 3.8) is 0 Å². The molecule has 0 bridgehead atoms. The Labute approximate surface area is 136 Å². The normalized spacial score (nSPS) is 12.3. The highest BCUT2D eigenvalue weighted by molar-refractivity contribution is 9.10. The fourth-order valence-electron chi connectivity index (χ4n) is 2.64. The zero-order valence-electron chi connectivity index (χ0n) is 12.8. The van der Waals surface area contributed by atoms with Gasteiger partial charge in [0.25, 0.3) is 0 Å². The van der Waals surface area contributed by atoms with Crippen LogP contribution in [0.1, 0.15) is 23.6 Å². The molecule has 0 amide bonds. The molecule has 2 nitrogen and oxygen atoms in total. The highest BCUT2D eigenvalue weighted by Crippen LogP contribution is 2.17. The lowest BCUT2D eigenvalue weighted by atomic mass is 9.92. The summed E-state index contributed by atoms with van der Waals surface area (Å²) in [7, 11) is 0. The standard InChI is InChI=1S/C18H23BrN2/c1-3-20-11-16(8-15-6-4-5-14(2)7-15)9-17-10-18(19)13-21-12-17/h4-7,10,12-13,16,20H,3,8-9,11H2,1-2H3. The van der Waals surface area contributed by atoms with Crippen molar-refractivity contribution in [3.8, 4) is 0 Å². The topological polar surface area (TPSA) is 24.9 Å². The van der Waals surface area contributed by atoms with Crippen molar-refractivity contribution in [1.29, 1.82) is 0 Å². The van der Waals surface area contributed by atoms with Gasteiger partial charge in [-0.2, -0.15) is 0 Å². The summed E-state index contributed by atoms with van der Waals surface area (Å²) in [5, 5.41) is 3.49. The van der Waals surface area contributed by atoms with Crippen LogP contribution in [0.25, 0.3) is 0 Å². The molecule has 1 aromatic heterocycles. The van der Waals surface area contributed by atoms with Crippen LogP contribution in [0.15, 0.2) is 47.2 Å². The summed E-state index contributed by atoms with van der Waals surface area (Å²) in [6.07, 6.45) is 5.96. The number of nitrogens with one attached hydrogen (secondary N) is 1. The van der Waals surface area contributed by atoms with Crippen molar-refractivity contribution in [1.82, 2.24) is 10.3 Å². The third-order valence-electron chi connectivity index (χ3n) is 3.58. The van der Waals surface area contributed by atoms with Crippen LogP contribution >= 0.6 is 15.9 Å². The first-order valence-corrected chi connectivity index (χ1v) is 8.32. The molecule has 1 heterocycles. The van der Waals surface area contributed by atoms with E-state index in [-0.39, 0.29) is 0 Å². The van der Waals surface area contributed by atoms with Gasteiger partial charge in [-0.05, 0) is 71.9 Å². The number of aromatic nitrogens is 1. The Balaban J connectivity index is 2.06. The Morgan fingerprint density at radius 2 is 1.95 bits per heavy atom. The molecule has 21 heavy (non-hydrogen) atoms. The molecule has 2 aromatic rings. The summed E-state index contributed by atoms with van der Waals surface area (Å²) >= 11 is 3.50. The maximum atomic E-state index is 4.27. The van der Waals surface area contributed by atoms with Gasteiger partial charge in [-0.15, -0.1) is 0 Å².